The molecule has 0 aromatic carbocycles. The monoisotopic (exact) mass is 285 g/mol. The van der Waals surface area contributed by atoms with E-state index in [1.807, 2.05) is 19.2 Å². The van der Waals surface area contributed by atoms with Crippen LogP contribution < -0.4 is 10.6 Å². The molecule has 0 fully saturated rings. The zero-order valence-corrected chi connectivity index (χ0v) is 11.9. The second-order valence-electron chi connectivity index (χ2n) is 4.60. The largest absolute Gasteiger partial charge is 0.480 e. The predicted octanol–water partition coefficient (Wildman–Crippen LogP) is 1.48. The number of carbonyl (C=O) groups excluding carboxylic acids is 1. The highest BCUT2D eigenvalue weighted by Crippen LogP contribution is 2.05. The molecule has 3 N–H and O–H groups in total. The van der Waals surface area contributed by atoms with Crippen molar-refractivity contribution in [1.29, 1.82) is 0 Å². The molecular weight excluding hydrogens is 266 g/mol. The number of aliphatic carboxylic acids is 1. The summed E-state index contributed by atoms with van der Waals surface area (Å²) in [5.41, 5.74) is 0. The highest BCUT2D eigenvalue weighted by molar-refractivity contribution is 7.09. The minimum atomic E-state index is -1.01. The van der Waals surface area contributed by atoms with Gasteiger partial charge in [0, 0.05) is 24.5 Å². The Morgan fingerprint density at radius 1 is 1.47 bits per heavy atom. The molecule has 1 atom stereocenters. The number of carbonyl (C=O) groups is 2. The average Bonchev–Trinajstić information content (AvgIpc) is 2.80. The number of hydrogen-bond acceptors (Lipinski definition) is 4. The van der Waals surface area contributed by atoms with E-state index in [9.17, 15) is 9.59 Å². The Hall–Kier alpha value is -1.63. The van der Waals surface area contributed by atoms with E-state index >= 15 is 0 Å². The molecule has 2 amide bonds. The predicted molar refractivity (Wildman–Crippen MR) is 73.2 cm³/mol. The molecule has 1 unspecified atom stereocenters. The molecule has 1 heterocycles. The Morgan fingerprint density at radius 2 is 2.21 bits per heavy atom. The second-order valence-corrected chi connectivity index (χ2v) is 5.58. The lowest BCUT2D eigenvalue weighted by Crippen LogP contribution is -2.47. The number of hydrogen-bond donors (Lipinski definition) is 3. The molecule has 1 rings (SSSR count). The molecule has 106 valence electrons. The molecule has 0 saturated heterocycles. The van der Waals surface area contributed by atoms with Gasteiger partial charge in [-0.15, -0.1) is 11.3 Å². The van der Waals surface area contributed by atoms with Crippen molar-refractivity contribution in [2.45, 2.75) is 32.7 Å². The van der Waals surface area contributed by atoms with E-state index in [0.717, 1.165) is 5.01 Å². The molecule has 0 spiro atoms. The number of carboxylic acids is 1. The topological polar surface area (TPSA) is 91.3 Å². The van der Waals surface area contributed by atoms with Crippen LogP contribution in [0.25, 0.3) is 0 Å². The average molecular weight is 285 g/mol. The first-order valence-electron chi connectivity index (χ1n) is 6.14. The summed E-state index contributed by atoms with van der Waals surface area (Å²) in [4.78, 5) is 26.6. The first kappa shape index (κ1) is 15.4. The highest BCUT2D eigenvalue weighted by Gasteiger charge is 2.20. The van der Waals surface area contributed by atoms with E-state index in [4.69, 9.17) is 5.11 Å². The van der Waals surface area contributed by atoms with Crippen molar-refractivity contribution < 1.29 is 14.7 Å². The number of carboxylic acid groups (broad SMARTS) is 1. The Labute approximate surface area is 116 Å². The summed E-state index contributed by atoms with van der Waals surface area (Å²) >= 11 is 1.52. The van der Waals surface area contributed by atoms with E-state index < -0.39 is 18.0 Å². The van der Waals surface area contributed by atoms with Crippen molar-refractivity contribution in [3.05, 3.63) is 16.6 Å². The number of rotatable bonds is 7. The van der Waals surface area contributed by atoms with Crippen molar-refractivity contribution in [3.8, 4) is 0 Å². The lowest BCUT2D eigenvalue weighted by atomic mass is 10.0. The summed E-state index contributed by atoms with van der Waals surface area (Å²) in [5, 5.41) is 16.9. The number of amides is 2. The summed E-state index contributed by atoms with van der Waals surface area (Å²) in [6, 6.07) is -1.30. The highest BCUT2D eigenvalue weighted by atomic mass is 32.1. The van der Waals surface area contributed by atoms with Crippen LogP contribution in [-0.4, -0.2) is 34.7 Å². The van der Waals surface area contributed by atoms with Gasteiger partial charge in [-0.25, -0.2) is 14.6 Å². The number of urea groups is 1. The third-order valence-corrected chi connectivity index (χ3v) is 3.26. The van der Waals surface area contributed by atoms with Gasteiger partial charge in [0.05, 0.1) is 5.01 Å². The van der Waals surface area contributed by atoms with Crippen molar-refractivity contribution >= 4 is 23.3 Å². The van der Waals surface area contributed by atoms with Crippen LogP contribution in [0.15, 0.2) is 11.6 Å². The Morgan fingerprint density at radius 3 is 2.74 bits per heavy atom. The number of thiazole rings is 1. The molecule has 1 aromatic rings. The van der Waals surface area contributed by atoms with Gasteiger partial charge in [0.2, 0.25) is 0 Å². The van der Waals surface area contributed by atoms with Crippen molar-refractivity contribution in [2.24, 2.45) is 5.92 Å². The van der Waals surface area contributed by atoms with Crippen LogP contribution in [0.3, 0.4) is 0 Å². The quantitative estimate of drug-likeness (QED) is 0.707. The summed E-state index contributed by atoms with van der Waals surface area (Å²) in [6.07, 6.45) is 2.77. The zero-order valence-electron chi connectivity index (χ0n) is 11.0. The van der Waals surface area contributed by atoms with Gasteiger partial charge in [-0.3, -0.25) is 0 Å². The maximum atomic E-state index is 11.6. The fourth-order valence-electron chi connectivity index (χ4n) is 1.56. The fraction of sp³-hybridized carbons (Fsp3) is 0.583. The molecule has 0 saturated carbocycles. The second kappa shape index (κ2) is 7.73. The molecule has 0 bridgehead atoms. The Bertz CT molecular complexity index is 406. The van der Waals surface area contributed by atoms with Crippen LogP contribution in [0.4, 0.5) is 4.79 Å². The lowest BCUT2D eigenvalue weighted by molar-refractivity contribution is -0.139. The Balaban J connectivity index is 2.30. The van der Waals surface area contributed by atoms with Gasteiger partial charge >= 0.3 is 12.0 Å². The lowest BCUT2D eigenvalue weighted by Gasteiger charge is -2.16. The molecule has 0 aliphatic carbocycles. The minimum Gasteiger partial charge on any atom is -0.480 e. The first-order chi connectivity index (χ1) is 8.99. The van der Waals surface area contributed by atoms with Gasteiger partial charge in [0.1, 0.15) is 6.04 Å². The van der Waals surface area contributed by atoms with E-state index in [0.29, 0.717) is 19.4 Å². The van der Waals surface area contributed by atoms with E-state index in [2.05, 4.69) is 15.6 Å². The van der Waals surface area contributed by atoms with Crippen molar-refractivity contribution in [3.63, 3.8) is 0 Å². The molecule has 6 nitrogen and oxygen atoms in total. The number of nitrogens with zero attached hydrogens (tertiary/aromatic N) is 1. The van der Waals surface area contributed by atoms with E-state index in [1.54, 1.807) is 6.20 Å². The number of nitrogens with one attached hydrogen (secondary N) is 2. The van der Waals surface area contributed by atoms with Crippen LogP contribution >= 0.6 is 11.3 Å². The van der Waals surface area contributed by atoms with Crippen LogP contribution in [0.1, 0.15) is 25.3 Å². The molecular formula is C12H19N3O3S. The van der Waals surface area contributed by atoms with Gasteiger partial charge in [-0.1, -0.05) is 13.8 Å². The van der Waals surface area contributed by atoms with Crippen LogP contribution in [0.2, 0.25) is 0 Å². The van der Waals surface area contributed by atoms with Crippen molar-refractivity contribution in [1.82, 2.24) is 15.6 Å². The fourth-order valence-corrected chi connectivity index (χ4v) is 2.18. The maximum absolute atomic E-state index is 11.6. The molecule has 0 aliphatic heterocycles. The maximum Gasteiger partial charge on any atom is 0.326 e. The van der Waals surface area contributed by atoms with E-state index in [1.165, 1.54) is 11.3 Å². The van der Waals surface area contributed by atoms with Gasteiger partial charge in [-0.2, -0.15) is 0 Å². The molecule has 1 aromatic heterocycles. The summed E-state index contributed by atoms with van der Waals surface area (Å²) in [7, 11) is 0. The van der Waals surface area contributed by atoms with Crippen LogP contribution in [-0.2, 0) is 11.2 Å². The summed E-state index contributed by atoms with van der Waals surface area (Å²) in [6.45, 7) is 4.27. The minimum absolute atomic E-state index is 0.205. The smallest absolute Gasteiger partial charge is 0.326 e. The third-order valence-electron chi connectivity index (χ3n) is 2.42. The first-order valence-corrected chi connectivity index (χ1v) is 7.02. The standard InChI is InChI=1S/C12H19N3O3S/c1-8(2)7-9(11(16)17)15-12(18)14-4-3-10-13-5-6-19-10/h5-6,8-9H,3-4,7H2,1-2H3,(H,16,17)(H2,14,15,18). The number of aromatic nitrogens is 1. The van der Waals surface area contributed by atoms with Crippen LogP contribution in [0, 0.1) is 5.92 Å². The summed E-state index contributed by atoms with van der Waals surface area (Å²) in [5.74, 6) is -0.805. The molecule has 0 radical (unpaired) electrons. The van der Waals surface area contributed by atoms with Crippen molar-refractivity contribution in [2.75, 3.05) is 6.54 Å². The molecule has 0 aliphatic rings. The van der Waals surface area contributed by atoms with Gasteiger partial charge < -0.3 is 15.7 Å². The van der Waals surface area contributed by atoms with Crippen LogP contribution in [0.5, 0.6) is 0 Å². The Kier molecular flexibility index (Phi) is 6.27. The third kappa shape index (κ3) is 6.19. The van der Waals surface area contributed by atoms with Gasteiger partial charge in [-0.05, 0) is 12.3 Å². The molecule has 7 heteroatoms. The van der Waals surface area contributed by atoms with E-state index in [-0.39, 0.29) is 5.92 Å². The van der Waals surface area contributed by atoms with Gasteiger partial charge in [0.15, 0.2) is 0 Å². The summed E-state index contributed by atoms with van der Waals surface area (Å²) < 4.78 is 0. The van der Waals surface area contributed by atoms with Gasteiger partial charge in [0.25, 0.3) is 0 Å². The zero-order chi connectivity index (χ0) is 14.3. The normalized spacial score (nSPS) is 12.2. The molecule has 19 heavy (non-hydrogen) atoms. The SMILES string of the molecule is CC(C)CC(NC(=O)NCCc1nccs1)C(=O)O.